The molecule has 0 spiro atoms. The Morgan fingerprint density at radius 3 is 2.45 bits per heavy atom. The Morgan fingerprint density at radius 2 is 1.91 bits per heavy atom. The highest BCUT2D eigenvalue weighted by Gasteiger charge is 2.45. The van der Waals surface area contributed by atoms with Crippen LogP contribution in [0.3, 0.4) is 0 Å². The second-order valence-corrected chi connectivity index (χ2v) is 3.50. The lowest BCUT2D eigenvalue weighted by Gasteiger charge is -1.99. The largest absolute Gasteiger partial charge is 0.472 e. The van der Waals surface area contributed by atoms with E-state index in [1.165, 1.54) is 6.42 Å². The third-order valence-corrected chi connectivity index (χ3v) is 2.63. The molecule has 11 heavy (non-hydrogen) atoms. The molecule has 0 bridgehead atoms. The van der Waals surface area contributed by atoms with E-state index < -0.39 is 5.97 Å². The maximum absolute atomic E-state index is 10.1. The number of carboxylic acids is 1. The van der Waals surface area contributed by atoms with E-state index in [0.29, 0.717) is 5.92 Å². The molecule has 2 fully saturated rings. The van der Waals surface area contributed by atoms with Crippen molar-refractivity contribution >= 4 is 5.97 Å². The van der Waals surface area contributed by atoms with Gasteiger partial charge < -0.3 is 5.11 Å². The first-order valence-corrected chi connectivity index (χ1v) is 4.00. The standard InChI is InChI=1S/C9H10O2/c10-9(11)2-1-6-3-7-5-8(7)4-6/h6-8H,3-5H2,(H,10,11). The molecule has 2 aliphatic carbocycles. The monoisotopic (exact) mass is 150 g/mol. The van der Waals surface area contributed by atoms with Crippen molar-refractivity contribution in [3.05, 3.63) is 0 Å². The molecule has 0 amide bonds. The second kappa shape index (κ2) is 2.27. The van der Waals surface area contributed by atoms with Gasteiger partial charge in [0.2, 0.25) is 0 Å². The molecule has 0 aromatic carbocycles. The molecule has 0 aliphatic heterocycles. The highest BCUT2D eigenvalue weighted by Crippen LogP contribution is 2.54. The molecule has 0 heterocycles. The summed E-state index contributed by atoms with van der Waals surface area (Å²) in [4.78, 5) is 10.1. The van der Waals surface area contributed by atoms with Gasteiger partial charge in [0.15, 0.2) is 0 Å². The zero-order valence-corrected chi connectivity index (χ0v) is 6.21. The summed E-state index contributed by atoms with van der Waals surface area (Å²) in [5.41, 5.74) is 0. The molecule has 0 aromatic heterocycles. The van der Waals surface area contributed by atoms with Crippen LogP contribution in [0.25, 0.3) is 0 Å². The van der Waals surface area contributed by atoms with Gasteiger partial charge >= 0.3 is 5.97 Å². The minimum Gasteiger partial charge on any atom is -0.472 e. The van der Waals surface area contributed by atoms with Gasteiger partial charge in [-0.1, -0.05) is 5.92 Å². The van der Waals surface area contributed by atoms with E-state index in [9.17, 15) is 4.79 Å². The van der Waals surface area contributed by atoms with Gasteiger partial charge in [-0.3, -0.25) is 0 Å². The zero-order chi connectivity index (χ0) is 7.84. The first-order chi connectivity index (χ1) is 5.25. The number of hydrogen-bond donors (Lipinski definition) is 1. The van der Waals surface area contributed by atoms with Crippen molar-refractivity contribution in [1.29, 1.82) is 0 Å². The van der Waals surface area contributed by atoms with E-state index in [4.69, 9.17) is 5.11 Å². The van der Waals surface area contributed by atoms with E-state index >= 15 is 0 Å². The van der Waals surface area contributed by atoms with Crippen LogP contribution in [0.15, 0.2) is 0 Å². The Bertz CT molecular complexity index is 236. The molecule has 58 valence electrons. The Labute approximate surface area is 65.6 Å². The number of rotatable bonds is 0. The van der Waals surface area contributed by atoms with Crippen molar-refractivity contribution in [2.75, 3.05) is 0 Å². The van der Waals surface area contributed by atoms with Crippen LogP contribution < -0.4 is 0 Å². The van der Waals surface area contributed by atoms with E-state index in [-0.39, 0.29) is 0 Å². The average Bonchev–Trinajstić information content (AvgIpc) is 2.56. The van der Waals surface area contributed by atoms with Gasteiger partial charge in [0.1, 0.15) is 0 Å². The zero-order valence-electron chi connectivity index (χ0n) is 6.21. The van der Waals surface area contributed by atoms with Gasteiger partial charge in [-0.15, -0.1) is 0 Å². The van der Waals surface area contributed by atoms with Crippen molar-refractivity contribution in [3.63, 3.8) is 0 Å². The summed E-state index contributed by atoms with van der Waals surface area (Å²) in [7, 11) is 0. The van der Waals surface area contributed by atoms with Gasteiger partial charge in [-0.05, 0) is 31.1 Å². The fourth-order valence-corrected chi connectivity index (χ4v) is 2.00. The van der Waals surface area contributed by atoms with E-state index in [2.05, 4.69) is 11.8 Å². The van der Waals surface area contributed by atoms with Crippen LogP contribution in [-0.4, -0.2) is 11.1 Å². The Hall–Kier alpha value is -0.970. The summed E-state index contributed by atoms with van der Waals surface area (Å²) in [5, 5.41) is 8.28. The molecule has 2 saturated carbocycles. The lowest BCUT2D eigenvalue weighted by molar-refractivity contribution is -0.130. The summed E-state index contributed by atoms with van der Waals surface area (Å²) < 4.78 is 0. The topological polar surface area (TPSA) is 37.3 Å². The van der Waals surface area contributed by atoms with Crippen molar-refractivity contribution in [1.82, 2.24) is 0 Å². The van der Waals surface area contributed by atoms with E-state index in [1.54, 1.807) is 0 Å². The predicted molar refractivity (Wildman–Crippen MR) is 39.7 cm³/mol. The van der Waals surface area contributed by atoms with Crippen LogP contribution in [0.4, 0.5) is 0 Å². The SMILES string of the molecule is O=C(O)C#CC1CC2CC2C1. The maximum Gasteiger partial charge on any atom is 0.381 e. The summed E-state index contributed by atoms with van der Waals surface area (Å²) in [6, 6.07) is 0. The molecule has 0 saturated heterocycles. The van der Waals surface area contributed by atoms with Crippen LogP contribution in [-0.2, 0) is 4.79 Å². The quantitative estimate of drug-likeness (QED) is 0.525. The fourth-order valence-electron chi connectivity index (χ4n) is 2.00. The molecule has 2 unspecified atom stereocenters. The Kier molecular flexibility index (Phi) is 1.38. The third-order valence-electron chi connectivity index (χ3n) is 2.63. The Morgan fingerprint density at radius 1 is 1.27 bits per heavy atom. The van der Waals surface area contributed by atoms with Gasteiger partial charge in [-0.2, -0.15) is 0 Å². The van der Waals surface area contributed by atoms with Crippen molar-refractivity contribution in [2.24, 2.45) is 17.8 Å². The smallest absolute Gasteiger partial charge is 0.381 e. The maximum atomic E-state index is 10.1. The van der Waals surface area contributed by atoms with Crippen molar-refractivity contribution in [3.8, 4) is 11.8 Å². The predicted octanol–water partition coefficient (Wildman–Crippen LogP) is 1.12. The molecule has 2 aliphatic rings. The summed E-state index contributed by atoms with van der Waals surface area (Å²) >= 11 is 0. The molecule has 0 aromatic rings. The van der Waals surface area contributed by atoms with E-state index in [1.807, 2.05) is 0 Å². The highest BCUT2D eigenvalue weighted by atomic mass is 16.4. The lowest BCUT2D eigenvalue weighted by atomic mass is 10.0. The van der Waals surface area contributed by atoms with Crippen molar-refractivity contribution < 1.29 is 9.90 Å². The van der Waals surface area contributed by atoms with Gasteiger partial charge in [-0.25, -0.2) is 4.79 Å². The Balaban J connectivity index is 1.90. The summed E-state index contributed by atoms with van der Waals surface area (Å²) in [5.74, 6) is 6.16. The van der Waals surface area contributed by atoms with E-state index in [0.717, 1.165) is 24.7 Å². The highest BCUT2D eigenvalue weighted by molar-refractivity contribution is 5.86. The normalized spacial score (nSPS) is 38.7. The number of carbonyl (C=O) groups is 1. The van der Waals surface area contributed by atoms with Gasteiger partial charge in [0, 0.05) is 11.8 Å². The van der Waals surface area contributed by atoms with Crippen LogP contribution in [0, 0.1) is 29.6 Å². The number of aliphatic carboxylic acids is 1. The summed E-state index contributed by atoms with van der Waals surface area (Å²) in [6.07, 6.45) is 3.65. The number of hydrogen-bond acceptors (Lipinski definition) is 1. The first kappa shape index (κ1) is 6.72. The molecule has 1 N–H and O–H groups in total. The molecular weight excluding hydrogens is 140 g/mol. The minimum absolute atomic E-state index is 0.384. The number of carboxylic acid groups (broad SMARTS) is 1. The van der Waals surface area contributed by atoms with Gasteiger partial charge in [0.25, 0.3) is 0 Å². The number of fused-ring (bicyclic) bond motifs is 1. The van der Waals surface area contributed by atoms with Crippen LogP contribution >= 0.6 is 0 Å². The first-order valence-electron chi connectivity index (χ1n) is 4.00. The molecular formula is C9H10O2. The molecule has 0 radical (unpaired) electrons. The van der Waals surface area contributed by atoms with Crippen LogP contribution in [0.1, 0.15) is 19.3 Å². The second-order valence-electron chi connectivity index (χ2n) is 3.50. The van der Waals surface area contributed by atoms with Crippen molar-refractivity contribution in [2.45, 2.75) is 19.3 Å². The van der Waals surface area contributed by atoms with Crippen LogP contribution in [0.5, 0.6) is 0 Å². The minimum atomic E-state index is -0.995. The lowest BCUT2D eigenvalue weighted by Crippen LogP contribution is -1.95. The third kappa shape index (κ3) is 1.37. The molecule has 2 atom stereocenters. The average molecular weight is 150 g/mol. The van der Waals surface area contributed by atoms with Gasteiger partial charge in [0.05, 0.1) is 0 Å². The molecule has 2 nitrogen and oxygen atoms in total. The fraction of sp³-hybridized carbons (Fsp3) is 0.667. The summed E-state index contributed by atoms with van der Waals surface area (Å²) in [6.45, 7) is 0. The molecule has 2 heteroatoms. The molecule has 2 rings (SSSR count). The van der Waals surface area contributed by atoms with Crippen LogP contribution in [0.2, 0.25) is 0 Å².